The lowest BCUT2D eigenvalue weighted by atomic mass is 9.96. The van der Waals surface area contributed by atoms with Crippen molar-refractivity contribution in [2.24, 2.45) is 0 Å². The number of aliphatic hydroxyl groups excluding tert-OH is 1. The predicted molar refractivity (Wildman–Crippen MR) is 104 cm³/mol. The number of amides is 1. The molecule has 5 heteroatoms. The van der Waals surface area contributed by atoms with Crippen molar-refractivity contribution in [1.82, 2.24) is 10.2 Å². The molecule has 2 heterocycles. The van der Waals surface area contributed by atoms with Crippen LogP contribution in [0, 0.1) is 0 Å². The zero-order valence-corrected chi connectivity index (χ0v) is 15.8. The SMILES string of the molecule is O=C(C=Cc1cc(CO)cs1)NCCC1CCCCN1C1CCCC1. The summed E-state index contributed by atoms with van der Waals surface area (Å²) >= 11 is 1.54. The van der Waals surface area contributed by atoms with E-state index in [0.717, 1.165) is 29.4 Å². The Morgan fingerprint density at radius 2 is 2.08 bits per heavy atom. The number of hydrogen-bond donors (Lipinski definition) is 2. The van der Waals surface area contributed by atoms with E-state index in [2.05, 4.69) is 10.2 Å². The van der Waals surface area contributed by atoms with E-state index in [1.807, 2.05) is 17.5 Å². The van der Waals surface area contributed by atoms with Crippen molar-refractivity contribution in [1.29, 1.82) is 0 Å². The van der Waals surface area contributed by atoms with Crippen LogP contribution in [0.2, 0.25) is 0 Å². The lowest BCUT2D eigenvalue weighted by Crippen LogP contribution is -2.46. The first-order chi connectivity index (χ1) is 12.3. The highest BCUT2D eigenvalue weighted by atomic mass is 32.1. The van der Waals surface area contributed by atoms with Crippen LogP contribution in [0.5, 0.6) is 0 Å². The van der Waals surface area contributed by atoms with Crippen LogP contribution in [0.4, 0.5) is 0 Å². The Hall–Kier alpha value is -1.17. The molecule has 1 aromatic rings. The summed E-state index contributed by atoms with van der Waals surface area (Å²) in [6.45, 7) is 2.05. The van der Waals surface area contributed by atoms with Gasteiger partial charge in [-0.3, -0.25) is 9.69 Å². The molecule has 0 aromatic carbocycles. The van der Waals surface area contributed by atoms with Crippen LogP contribution in [0.1, 0.15) is 61.8 Å². The highest BCUT2D eigenvalue weighted by Crippen LogP contribution is 2.30. The summed E-state index contributed by atoms with van der Waals surface area (Å²) in [5.41, 5.74) is 0.898. The summed E-state index contributed by atoms with van der Waals surface area (Å²) in [7, 11) is 0. The topological polar surface area (TPSA) is 52.6 Å². The summed E-state index contributed by atoms with van der Waals surface area (Å²) in [5.74, 6) is -0.0258. The Kier molecular flexibility index (Phi) is 7.08. The van der Waals surface area contributed by atoms with Crippen LogP contribution in [0.3, 0.4) is 0 Å². The van der Waals surface area contributed by atoms with Gasteiger partial charge in [0.2, 0.25) is 5.91 Å². The molecule has 138 valence electrons. The number of carbonyl (C=O) groups is 1. The van der Waals surface area contributed by atoms with Crippen molar-refractivity contribution in [3.63, 3.8) is 0 Å². The van der Waals surface area contributed by atoms with Gasteiger partial charge in [0.25, 0.3) is 0 Å². The number of nitrogens with one attached hydrogen (secondary N) is 1. The van der Waals surface area contributed by atoms with E-state index in [1.54, 1.807) is 17.4 Å². The van der Waals surface area contributed by atoms with E-state index in [1.165, 1.54) is 51.5 Å². The maximum atomic E-state index is 12.0. The smallest absolute Gasteiger partial charge is 0.244 e. The largest absolute Gasteiger partial charge is 0.392 e. The average molecular weight is 363 g/mol. The van der Waals surface area contributed by atoms with Gasteiger partial charge in [0, 0.05) is 29.6 Å². The molecule has 0 spiro atoms. The third-order valence-corrected chi connectivity index (χ3v) is 6.45. The maximum Gasteiger partial charge on any atom is 0.244 e. The summed E-state index contributed by atoms with van der Waals surface area (Å²) in [6.07, 6.45) is 13.9. The quantitative estimate of drug-likeness (QED) is 0.729. The number of aliphatic hydroxyl groups is 1. The molecular formula is C20H30N2O2S. The van der Waals surface area contributed by atoms with Gasteiger partial charge in [-0.1, -0.05) is 19.3 Å². The number of piperidine rings is 1. The summed E-state index contributed by atoms with van der Waals surface area (Å²) < 4.78 is 0. The average Bonchev–Trinajstić information content (AvgIpc) is 3.32. The third-order valence-electron chi connectivity index (χ3n) is 5.50. The van der Waals surface area contributed by atoms with Crippen molar-refractivity contribution in [2.75, 3.05) is 13.1 Å². The molecule has 1 amide bonds. The number of likely N-dealkylation sites (tertiary alicyclic amines) is 1. The fourth-order valence-electron chi connectivity index (χ4n) is 4.19. The van der Waals surface area contributed by atoms with Crippen LogP contribution < -0.4 is 5.32 Å². The molecule has 2 N–H and O–H groups in total. The molecule has 3 rings (SSSR count). The molecular weight excluding hydrogens is 332 g/mol. The van der Waals surface area contributed by atoms with Crippen LogP contribution in [0.15, 0.2) is 17.5 Å². The molecule has 1 saturated heterocycles. The number of hydrogen-bond acceptors (Lipinski definition) is 4. The molecule has 0 bridgehead atoms. The molecule has 1 atom stereocenters. The van der Waals surface area contributed by atoms with E-state index in [0.29, 0.717) is 6.04 Å². The van der Waals surface area contributed by atoms with E-state index < -0.39 is 0 Å². The van der Waals surface area contributed by atoms with Gasteiger partial charge in [-0.25, -0.2) is 0 Å². The monoisotopic (exact) mass is 362 g/mol. The van der Waals surface area contributed by atoms with E-state index in [9.17, 15) is 4.79 Å². The van der Waals surface area contributed by atoms with E-state index >= 15 is 0 Å². The van der Waals surface area contributed by atoms with Crippen LogP contribution >= 0.6 is 11.3 Å². The zero-order chi connectivity index (χ0) is 17.5. The molecule has 4 nitrogen and oxygen atoms in total. The standard InChI is InChI=1S/C20H30N2O2S/c23-14-16-13-19(25-15-16)8-9-20(24)21-11-10-18-7-3-4-12-22(18)17-5-1-2-6-17/h8-9,13,15,17-18,23H,1-7,10-12,14H2,(H,21,24). The molecule has 1 unspecified atom stereocenters. The number of carbonyl (C=O) groups excluding carboxylic acids is 1. The van der Waals surface area contributed by atoms with Gasteiger partial charge >= 0.3 is 0 Å². The van der Waals surface area contributed by atoms with Crippen LogP contribution in [-0.2, 0) is 11.4 Å². The number of thiophene rings is 1. The Labute approximate surface area is 154 Å². The third kappa shape index (κ3) is 5.40. The molecule has 1 saturated carbocycles. The predicted octanol–water partition coefficient (Wildman–Crippen LogP) is 3.56. The Morgan fingerprint density at radius 1 is 1.28 bits per heavy atom. The summed E-state index contributed by atoms with van der Waals surface area (Å²) in [4.78, 5) is 15.8. The number of rotatable bonds is 7. The first-order valence-electron chi connectivity index (χ1n) is 9.66. The minimum atomic E-state index is -0.0258. The van der Waals surface area contributed by atoms with E-state index in [-0.39, 0.29) is 12.5 Å². The minimum absolute atomic E-state index is 0.0258. The second-order valence-corrected chi connectivity index (χ2v) is 8.20. The molecule has 2 aliphatic rings. The van der Waals surface area contributed by atoms with E-state index in [4.69, 9.17) is 5.11 Å². The Morgan fingerprint density at radius 3 is 2.84 bits per heavy atom. The molecule has 2 fully saturated rings. The molecule has 1 aliphatic carbocycles. The normalized spacial score (nSPS) is 22.7. The van der Waals surface area contributed by atoms with Crippen LogP contribution in [0.25, 0.3) is 6.08 Å². The van der Waals surface area contributed by atoms with Crippen molar-refractivity contribution < 1.29 is 9.90 Å². The first-order valence-corrected chi connectivity index (χ1v) is 10.5. The molecule has 1 aromatic heterocycles. The van der Waals surface area contributed by atoms with Gasteiger partial charge in [-0.05, 0) is 61.7 Å². The fourth-order valence-corrected chi connectivity index (χ4v) is 4.99. The second kappa shape index (κ2) is 9.51. The fraction of sp³-hybridized carbons (Fsp3) is 0.650. The van der Waals surface area contributed by atoms with Gasteiger partial charge in [-0.15, -0.1) is 11.3 Å². The number of nitrogens with zero attached hydrogens (tertiary/aromatic N) is 1. The highest BCUT2D eigenvalue weighted by molar-refractivity contribution is 7.11. The van der Waals surface area contributed by atoms with Gasteiger partial charge in [-0.2, -0.15) is 0 Å². The lowest BCUT2D eigenvalue weighted by Gasteiger charge is -2.40. The Balaban J connectivity index is 1.42. The summed E-state index contributed by atoms with van der Waals surface area (Å²) in [5, 5.41) is 14.0. The van der Waals surface area contributed by atoms with Crippen molar-refractivity contribution in [3.8, 4) is 0 Å². The maximum absolute atomic E-state index is 12.0. The molecule has 1 aliphatic heterocycles. The van der Waals surface area contributed by atoms with Gasteiger partial charge in [0.05, 0.1) is 6.61 Å². The van der Waals surface area contributed by atoms with Crippen molar-refractivity contribution >= 4 is 23.3 Å². The highest BCUT2D eigenvalue weighted by Gasteiger charge is 2.30. The molecule has 0 radical (unpaired) electrons. The Bertz CT molecular complexity index is 578. The second-order valence-electron chi connectivity index (χ2n) is 7.25. The molecule has 25 heavy (non-hydrogen) atoms. The minimum Gasteiger partial charge on any atom is -0.392 e. The van der Waals surface area contributed by atoms with Crippen molar-refractivity contribution in [3.05, 3.63) is 28.0 Å². The first kappa shape index (κ1) is 18.6. The van der Waals surface area contributed by atoms with Gasteiger partial charge < -0.3 is 10.4 Å². The lowest BCUT2D eigenvalue weighted by molar-refractivity contribution is -0.116. The van der Waals surface area contributed by atoms with Crippen LogP contribution in [-0.4, -0.2) is 41.1 Å². The zero-order valence-electron chi connectivity index (χ0n) is 15.0. The van der Waals surface area contributed by atoms with Crippen molar-refractivity contribution in [2.45, 2.75) is 70.1 Å². The van der Waals surface area contributed by atoms with Gasteiger partial charge in [0.1, 0.15) is 0 Å². The summed E-state index contributed by atoms with van der Waals surface area (Å²) in [6, 6.07) is 3.35. The van der Waals surface area contributed by atoms with Gasteiger partial charge in [0.15, 0.2) is 0 Å².